The Morgan fingerprint density at radius 3 is 2.68 bits per heavy atom. The molecular formula is C23H20N4O. The Kier molecular flexibility index (Phi) is 4.10. The highest BCUT2D eigenvalue weighted by Gasteiger charge is 2.18. The van der Waals surface area contributed by atoms with Crippen molar-refractivity contribution in [1.82, 2.24) is 19.4 Å². The number of pyridine rings is 1. The highest BCUT2D eigenvalue weighted by Crippen LogP contribution is 2.31. The molecule has 0 spiro atoms. The molecule has 0 aliphatic heterocycles. The summed E-state index contributed by atoms with van der Waals surface area (Å²) in [5.74, 6) is 7.95. The summed E-state index contributed by atoms with van der Waals surface area (Å²) in [6, 6.07) is 12.2. The number of fused-ring (bicyclic) bond motifs is 1. The monoisotopic (exact) mass is 368 g/mol. The smallest absolute Gasteiger partial charge is 0.147 e. The summed E-state index contributed by atoms with van der Waals surface area (Å²) in [5.41, 5.74) is 4.98. The van der Waals surface area contributed by atoms with Crippen LogP contribution in [0.3, 0.4) is 0 Å². The highest BCUT2D eigenvalue weighted by molar-refractivity contribution is 5.75. The van der Waals surface area contributed by atoms with Gasteiger partial charge in [0.25, 0.3) is 0 Å². The van der Waals surface area contributed by atoms with Gasteiger partial charge in [-0.2, -0.15) is 10.2 Å². The van der Waals surface area contributed by atoms with Crippen molar-refractivity contribution >= 4 is 5.52 Å². The Balaban J connectivity index is 1.58. The normalized spacial score (nSPS) is 13.3. The molecule has 138 valence electrons. The molecule has 3 aromatic heterocycles. The second-order valence-electron chi connectivity index (χ2n) is 7.17. The van der Waals surface area contributed by atoms with Gasteiger partial charge in [-0.05, 0) is 24.5 Å². The van der Waals surface area contributed by atoms with E-state index in [2.05, 4.69) is 40.2 Å². The minimum absolute atomic E-state index is 0.494. The number of benzene rings is 1. The largest absolute Gasteiger partial charge is 0.487 e. The third kappa shape index (κ3) is 3.37. The molecular weight excluding hydrogens is 348 g/mol. The summed E-state index contributed by atoms with van der Waals surface area (Å²) in [4.78, 5) is 0. The van der Waals surface area contributed by atoms with E-state index in [9.17, 15) is 0 Å². The highest BCUT2D eigenvalue weighted by atomic mass is 16.5. The van der Waals surface area contributed by atoms with Crippen LogP contribution in [0.5, 0.6) is 5.75 Å². The Bertz CT molecular complexity index is 1190. The molecule has 1 aliphatic rings. The van der Waals surface area contributed by atoms with Crippen molar-refractivity contribution in [3.05, 3.63) is 72.3 Å². The third-order valence-corrected chi connectivity index (χ3v) is 4.84. The van der Waals surface area contributed by atoms with Gasteiger partial charge < -0.3 is 4.74 Å². The van der Waals surface area contributed by atoms with Gasteiger partial charge in [-0.1, -0.05) is 42.2 Å². The fourth-order valence-corrected chi connectivity index (χ4v) is 3.16. The molecule has 1 aromatic carbocycles. The molecule has 4 aromatic rings. The summed E-state index contributed by atoms with van der Waals surface area (Å²) in [6.07, 6.45) is 10.1. The maximum Gasteiger partial charge on any atom is 0.147 e. The topological polar surface area (TPSA) is 44.4 Å². The van der Waals surface area contributed by atoms with Crippen LogP contribution in [0.2, 0.25) is 0 Å². The van der Waals surface area contributed by atoms with Crippen molar-refractivity contribution in [1.29, 1.82) is 0 Å². The van der Waals surface area contributed by atoms with Gasteiger partial charge in [0.15, 0.2) is 0 Å². The Morgan fingerprint density at radius 2 is 1.93 bits per heavy atom. The first-order valence-electron chi connectivity index (χ1n) is 9.45. The van der Waals surface area contributed by atoms with Gasteiger partial charge in [0, 0.05) is 36.5 Å². The molecule has 0 saturated heterocycles. The van der Waals surface area contributed by atoms with Crippen LogP contribution in [0.25, 0.3) is 16.6 Å². The van der Waals surface area contributed by atoms with E-state index in [1.807, 2.05) is 54.5 Å². The Morgan fingerprint density at radius 1 is 1.07 bits per heavy atom. The molecule has 1 saturated carbocycles. The summed E-state index contributed by atoms with van der Waals surface area (Å²) >= 11 is 0. The van der Waals surface area contributed by atoms with E-state index in [4.69, 9.17) is 4.74 Å². The average molecular weight is 368 g/mol. The Labute approximate surface area is 163 Å². The summed E-state index contributed by atoms with van der Waals surface area (Å²) in [7, 11) is 1.91. The van der Waals surface area contributed by atoms with E-state index < -0.39 is 0 Å². The zero-order valence-corrected chi connectivity index (χ0v) is 15.7. The molecule has 0 bridgehead atoms. The lowest BCUT2D eigenvalue weighted by Crippen LogP contribution is -1.99. The van der Waals surface area contributed by atoms with Gasteiger partial charge in [0.2, 0.25) is 0 Å². The van der Waals surface area contributed by atoms with Crippen LogP contribution in [0.1, 0.15) is 24.0 Å². The van der Waals surface area contributed by atoms with Crippen molar-refractivity contribution in [2.75, 3.05) is 0 Å². The molecule has 0 amide bonds. The molecule has 3 heterocycles. The van der Waals surface area contributed by atoms with E-state index in [1.165, 1.54) is 12.8 Å². The number of aryl methyl sites for hydroxylation is 1. The quantitative estimate of drug-likeness (QED) is 0.510. The number of aromatic nitrogens is 4. The lowest BCUT2D eigenvalue weighted by atomic mass is 10.1. The third-order valence-electron chi connectivity index (χ3n) is 4.84. The van der Waals surface area contributed by atoms with Crippen LogP contribution >= 0.6 is 0 Å². The first-order valence-corrected chi connectivity index (χ1v) is 9.45. The number of ether oxygens (including phenoxy) is 1. The lowest BCUT2D eigenvalue weighted by molar-refractivity contribution is 0.308. The zero-order valence-electron chi connectivity index (χ0n) is 15.7. The van der Waals surface area contributed by atoms with Gasteiger partial charge in [-0.25, -0.2) is 4.52 Å². The van der Waals surface area contributed by atoms with Gasteiger partial charge >= 0.3 is 0 Å². The summed E-state index contributed by atoms with van der Waals surface area (Å²) < 4.78 is 9.89. The Hall–Kier alpha value is -3.52. The minimum Gasteiger partial charge on any atom is -0.487 e. The lowest BCUT2D eigenvalue weighted by Gasteiger charge is -2.10. The van der Waals surface area contributed by atoms with Crippen LogP contribution in [0, 0.1) is 17.8 Å². The van der Waals surface area contributed by atoms with E-state index >= 15 is 0 Å². The zero-order chi connectivity index (χ0) is 18.9. The van der Waals surface area contributed by atoms with E-state index in [0.717, 1.165) is 33.5 Å². The van der Waals surface area contributed by atoms with Crippen LogP contribution < -0.4 is 4.74 Å². The minimum atomic E-state index is 0.494. The van der Waals surface area contributed by atoms with Crippen LogP contribution in [0.15, 0.2) is 61.2 Å². The van der Waals surface area contributed by atoms with Gasteiger partial charge in [0.05, 0.1) is 18.0 Å². The predicted octanol–water partition coefficient (Wildman–Crippen LogP) is 4.08. The van der Waals surface area contributed by atoms with Crippen molar-refractivity contribution in [2.45, 2.75) is 19.4 Å². The van der Waals surface area contributed by atoms with Crippen LogP contribution in [-0.4, -0.2) is 19.4 Å². The van der Waals surface area contributed by atoms with Crippen molar-refractivity contribution in [2.24, 2.45) is 13.0 Å². The van der Waals surface area contributed by atoms with Gasteiger partial charge in [-0.3, -0.25) is 4.68 Å². The molecule has 28 heavy (non-hydrogen) atoms. The molecule has 1 aliphatic carbocycles. The number of hydrogen-bond donors (Lipinski definition) is 0. The van der Waals surface area contributed by atoms with Crippen LogP contribution in [0.4, 0.5) is 0 Å². The molecule has 0 unspecified atom stereocenters. The predicted molar refractivity (Wildman–Crippen MR) is 108 cm³/mol. The van der Waals surface area contributed by atoms with Crippen molar-refractivity contribution < 1.29 is 4.74 Å². The van der Waals surface area contributed by atoms with Gasteiger partial charge in [0.1, 0.15) is 17.9 Å². The average Bonchev–Trinajstić information content (AvgIpc) is 3.30. The molecule has 5 nitrogen and oxygen atoms in total. The van der Waals surface area contributed by atoms with Gasteiger partial charge in [-0.15, -0.1) is 0 Å². The fourth-order valence-electron chi connectivity index (χ4n) is 3.16. The standard InChI is InChI=1S/C23H20N4O/c1-26-14-21(13-24-26)20-11-22(28-16-18-5-3-2-4-6-18)23-19(10-9-17-7-8-17)12-25-27(23)15-20/h2-6,11-15,17H,7-8,16H2,1H3. The van der Waals surface area contributed by atoms with Crippen LogP contribution in [-0.2, 0) is 13.7 Å². The fraction of sp³-hybridized carbons (Fsp3) is 0.217. The number of nitrogens with zero attached hydrogens (tertiary/aromatic N) is 4. The summed E-state index contributed by atoms with van der Waals surface area (Å²) in [6.45, 7) is 0.494. The first kappa shape index (κ1) is 16.6. The number of hydrogen-bond acceptors (Lipinski definition) is 3. The van der Waals surface area contributed by atoms with E-state index in [-0.39, 0.29) is 0 Å². The van der Waals surface area contributed by atoms with E-state index in [0.29, 0.717) is 12.5 Å². The molecule has 5 rings (SSSR count). The SMILES string of the molecule is Cn1cc(-c2cc(OCc3ccccc3)c3c(C#CC4CC4)cnn3c2)cn1. The summed E-state index contributed by atoms with van der Waals surface area (Å²) in [5, 5.41) is 8.81. The first-order chi connectivity index (χ1) is 13.8. The molecule has 0 radical (unpaired) electrons. The second kappa shape index (κ2) is 6.90. The molecule has 5 heteroatoms. The maximum absolute atomic E-state index is 6.24. The van der Waals surface area contributed by atoms with Crippen molar-refractivity contribution in [3.63, 3.8) is 0 Å². The molecule has 0 N–H and O–H groups in total. The number of rotatable bonds is 4. The second-order valence-corrected chi connectivity index (χ2v) is 7.17. The maximum atomic E-state index is 6.24. The van der Waals surface area contributed by atoms with Crippen molar-refractivity contribution in [3.8, 4) is 28.7 Å². The van der Waals surface area contributed by atoms with E-state index in [1.54, 1.807) is 4.68 Å². The molecule has 1 fully saturated rings. The molecule has 0 atom stereocenters.